The molecule has 2 aromatic rings. The fourth-order valence-electron chi connectivity index (χ4n) is 3.23. The second kappa shape index (κ2) is 8.13. The second-order valence-corrected chi connectivity index (χ2v) is 9.28. The number of benzene rings is 1. The number of hydrogen-bond acceptors (Lipinski definition) is 4. The van der Waals surface area contributed by atoms with E-state index in [0.29, 0.717) is 12.1 Å². The summed E-state index contributed by atoms with van der Waals surface area (Å²) in [5, 5.41) is 2.57. The van der Waals surface area contributed by atoms with Gasteiger partial charge in [0.05, 0.1) is 21.8 Å². The average molecular weight is 466 g/mol. The minimum atomic E-state index is -4.66. The number of alkyl halides is 6. The van der Waals surface area contributed by atoms with Crippen LogP contribution in [0.25, 0.3) is 0 Å². The van der Waals surface area contributed by atoms with Crippen LogP contribution in [-0.4, -0.2) is 31.1 Å². The van der Waals surface area contributed by atoms with E-state index in [1.54, 1.807) is 0 Å². The van der Waals surface area contributed by atoms with Gasteiger partial charge in [-0.15, -0.1) is 0 Å². The van der Waals surface area contributed by atoms with Gasteiger partial charge in [0.2, 0.25) is 0 Å². The van der Waals surface area contributed by atoms with Gasteiger partial charge in [0.1, 0.15) is 5.69 Å². The summed E-state index contributed by atoms with van der Waals surface area (Å²) in [5.74, 6) is -1.39. The molecule has 1 aromatic heterocycles. The Bertz CT molecular complexity index is 1060. The quantitative estimate of drug-likeness (QED) is 0.674. The number of nitrogens with zero attached hydrogens (tertiary/aromatic N) is 1. The first-order chi connectivity index (χ1) is 14.3. The zero-order chi connectivity index (χ0) is 23.0. The number of sulfone groups is 1. The lowest BCUT2D eigenvalue weighted by molar-refractivity contribution is -0.141. The van der Waals surface area contributed by atoms with Crippen LogP contribution in [0.15, 0.2) is 47.5 Å². The molecule has 12 heteroatoms. The van der Waals surface area contributed by atoms with Gasteiger partial charge < -0.3 is 5.32 Å². The normalized spacial score (nSPS) is 19.5. The summed E-state index contributed by atoms with van der Waals surface area (Å²) in [6.07, 6.45) is -7.94. The first-order valence-electron chi connectivity index (χ1n) is 9.00. The highest BCUT2D eigenvalue weighted by Crippen LogP contribution is 2.34. The molecule has 168 valence electrons. The standard InChI is InChI=1S/C19H16F6N2O3S/c20-18(21,22)13-2-1-3-15(8-13)31(29,30)10-11-6-14(7-11)27-17(28)12-4-5-16(26-9-12)19(23,24)25/h1-5,8-9,11,14H,6-7,10H2,(H,27,28). The second-order valence-electron chi connectivity index (χ2n) is 7.24. The molecular weight excluding hydrogens is 450 g/mol. The van der Waals surface area contributed by atoms with Gasteiger partial charge >= 0.3 is 12.4 Å². The average Bonchev–Trinajstić information content (AvgIpc) is 2.65. The number of pyridine rings is 1. The Morgan fingerprint density at radius 3 is 2.26 bits per heavy atom. The van der Waals surface area contributed by atoms with Crippen molar-refractivity contribution in [1.82, 2.24) is 10.3 Å². The molecule has 5 nitrogen and oxygen atoms in total. The van der Waals surface area contributed by atoms with Crippen molar-refractivity contribution in [2.75, 3.05) is 5.75 Å². The largest absolute Gasteiger partial charge is 0.433 e. The summed E-state index contributed by atoms with van der Waals surface area (Å²) < 4.78 is 101. The van der Waals surface area contributed by atoms with Gasteiger partial charge in [-0.1, -0.05) is 6.07 Å². The van der Waals surface area contributed by atoms with Crippen LogP contribution < -0.4 is 5.32 Å². The number of carbonyl (C=O) groups is 1. The third-order valence-corrected chi connectivity index (χ3v) is 6.75. The molecule has 3 rings (SSSR count). The van der Waals surface area contributed by atoms with E-state index in [0.717, 1.165) is 30.5 Å². The fourth-order valence-corrected chi connectivity index (χ4v) is 4.90. The maximum atomic E-state index is 12.8. The van der Waals surface area contributed by atoms with E-state index in [1.807, 2.05) is 0 Å². The molecule has 1 saturated carbocycles. The third-order valence-electron chi connectivity index (χ3n) is 4.86. The summed E-state index contributed by atoms with van der Waals surface area (Å²) in [7, 11) is -3.96. The molecule has 1 heterocycles. The number of hydrogen-bond donors (Lipinski definition) is 1. The molecule has 0 aliphatic heterocycles. The summed E-state index contributed by atoms with van der Waals surface area (Å²) in [6, 6.07) is 4.77. The summed E-state index contributed by atoms with van der Waals surface area (Å²) >= 11 is 0. The molecule has 1 amide bonds. The van der Waals surface area contributed by atoms with Gasteiger partial charge in [0, 0.05) is 12.2 Å². The van der Waals surface area contributed by atoms with E-state index in [1.165, 1.54) is 0 Å². The highest BCUT2D eigenvalue weighted by molar-refractivity contribution is 7.91. The molecule has 31 heavy (non-hydrogen) atoms. The fraction of sp³-hybridized carbons (Fsp3) is 0.368. The van der Waals surface area contributed by atoms with Gasteiger partial charge in [-0.3, -0.25) is 9.78 Å². The minimum absolute atomic E-state index is 0.0759. The Kier molecular flexibility index (Phi) is 6.05. The highest BCUT2D eigenvalue weighted by Gasteiger charge is 2.36. The highest BCUT2D eigenvalue weighted by atomic mass is 32.2. The number of nitrogens with one attached hydrogen (secondary N) is 1. The SMILES string of the molecule is O=C(NC1CC(CS(=O)(=O)c2cccc(C(F)(F)F)c2)C1)c1ccc(C(F)(F)F)nc1. The van der Waals surface area contributed by atoms with Crippen molar-refractivity contribution in [3.05, 3.63) is 59.4 Å². The van der Waals surface area contributed by atoms with Gasteiger partial charge in [0.15, 0.2) is 9.84 Å². The predicted molar refractivity (Wildman–Crippen MR) is 96.7 cm³/mol. The van der Waals surface area contributed by atoms with Crippen LogP contribution in [0.1, 0.15) is 34.5 Å². The Balaban J connectivity index is 1.55. The monoisotopic (exact) mass is 466 g/mol. The van der Waals surface area contributed by atoms with Crippen LogP contribution in [0.4, 0.5) is 26.3 Å². The van der Waals surface area contributed by atoms with Crippen LogP contribution >= 0.6 is 0 Å². The van der Waals surface area contributed by atoms with E-state index in [2.05, 4.69) is 10.3 Å². The van der Waals surface area contributed by atoms with Gasteiger partial charge in [-0.2, -0.15) is 26.3 Å². The number of amides is 1. The maximum Gasteiger partial charge on any atom is 0.433 e. The lowest BCUT2D eigenvalue weighted by atomic mass is 9.81. The molecule has 1 aliphatic carbocycles. The summed E-state index contributed by atoms with van der Waals surface area (Å²) in [6.45, 7) is 0. The zero-order valence-electron chi connectivity index (χ0n) is 15.7. The van der Waals surface area contributed by atoms with Crippen LogP contribution in [0.5, 0.6) is 0 Å². The Labute approximate surface area is 173 Å². The van der Waals surface area contributed by atoms with Crippen molar-refractivity contribution in [2.24, 2.45) is 5.92 Å². The van der Waals surface area contributed by atoms with Crippen LogP contribution in [0.3, 0.4) is 0 Å². The molecule has 0 unspecified atom stereocenters. The number of aromatic nitrogens is 1. The maximum absolute atomic E-state index is 12.8. The van der Waals surface area contributed by atoms with Crippen molar-refractivity contribution in [3.8, 4) is 0 Å². The number of rotatable bonds is 5. The van der Waals surface area contributed by atoms with E-state index in [4.69, 9.17) is 0 Å². The van der Waals surface area contributed by atoms with Gasteiger partial charge in [0.25, 0.3) is 5.91 Å². The predicted octanol–water partition coefficient (Wildman–Crippen LogP) is 4.10. The van der Waals surface area contributed by atoms with Crippen molar-refractivity contribution in [3.63, 3.8) is 0 Å². The van der Waals surface area contributed by atoms with Gasteiger partial charge in [-0.05, 0) is 49.1 Å². The van der Waals surface area contributed by atoms with Crippen molar-refractivity contribution in [2.45, 2.75) is 36.1 Å². The topological polar surface area (TPSA) is 76.1 Å². The zero-order valence-corrected chi connectivity index (χ0v) is 16.5. The molecule has 0 atom stereocenters. The molecule has 1 aliphatic rings. The van der Waals surface area contributed by atoms with Crippen LogP contribution in [-0.2, 0) is 22.2 Å². The van der Waals surface area contributed by atoms with Crippen molar-refractivity contribution in [1.29, 1.82) is 0 Å². The Morgan fingerprint density at radius 2 is 1.71 bits per heavy atom. The van der Waals surface area contributed by atoms with E-state index in [-0.39, 0.29) is 30.1 Å². The first-order valence-corrected chi connectivity index (χ1v) is 10.6. The molecule has 0 radical (unpaired) electrons. The number of carbonyl (C=O) groups excluding carboxylic acids is 1. The molecule has 1 aromatic carbocycles. The summed E-state index contributed by atoms with van der Waals surface area (Å²) in [5.41, 5.74) is -2.27. The smallest absolute Gasteiger partial charge is 0.349 e. The van der Waals surface area contributed by atoms with Gasteiger partial charge in [-0.25, -0.2) is 8.42 Å². The lowest BCUT2D eigenvalue weighted by Gasteiger charge is -2.35. The molecule has 1 fully saturated rings. The van der Waals surface area contributed by atoms with Crippen LogP contribution in [0, 0.1) is 5.92 Å². The molecular formula is C19H16F6N2O3S. The summed E-state index contributed by atoms with van der Waals surface area (Å²) in [4.78, 5) is 14.9. The molecule has 0 bridgehead atoms. The van der Waals surface area contributed by atoms with Crippen molar-refractivity contribution >= 4 is 15.7 Å². The Morgan fingerprint density at radius 1 is 1.03 bits per heavy atom. The third kappa shape index (κ3) is 5.54. The van der Waals surface area contributed by atoms with Crippen molar-refractivity contribution < 1.29 is 39.6 Å². The molecule has 1 N–H and O–H groups in total. The number of halogens is 6. The lowest BCUT2D eigenvalue weighted by Crippen LogP contribution is -2.46. The van der Waals surface area contributed by atoms with E-state index >= 15 is 0 Å². The van der Waals surface area contributed by atoms with E-state index in [9.17, 15) is 39.6 Å². The molecule has 0 spiro atoms. The first kappa shape index (κ1) is 23.0. The minimum Gasteiger partial charge on any atom is -0.349 e. The molecule has 0 saturated heterocycles. The van der Waals surface area contributed by atoms with Crippen LogP contribution in [0.2, 0.25) is 0 Å². The Hall–Kier alpha value is -2.63. The van der Waals surface area contributed by atoms with E-state index < -0.39 is 50.3 Å².